The van der Waals surface area contributed by atoms with E-state index < -0.39 is 10.0 Å². The number of unbranched alkanes of at least 4 members (excludes halogenated alkanes) is 2. The second-order valence-electron chi connectivity index (χ2n) is 3.92. The molecule has 5 nitrogen and oxygen atoms in total. The Bertz CT molecular complexity index is 272. The molecule has 0 fully saturated rings. The van der Waals surface area contributed by atoms with Crippen LogP contribution in [0.1, 0.15) is 25.7 Å². The van der Waals surface area contributed by atoms with Crippen LogP contribution in [0.15, 0.2) is 0 Å². The Morgan fingerprint density at radius 3 is 2.50 bits per heavy atom. The minimum atomic E-state index is -3.12. The molecule has 0 aromatic carbocycles. The lowest BCUT2D eigenvalue weighted by Crippen LogP contribution is -2.27. The molecule has 0 aromatic rings. The molecule has 110 valence electrons. The Kier molecular flexibility index (Phi) is 12.3. The monoisotopic (exact) mass is 301 g/mol. The molecule has 0 bridgehead atoms. The van der Waals surface area contributed by atoms with Gasteiger partial charge in [-0.15, -0.1) is 11.6 Å². The molecule has 0 radical (unpaired) electrons. The Balaban J connectivity index is 3.36. The van der Waals surface area contributed by atoms with Crippen LogP contribution in [-0.2, 0) is 19.5 Å². The van der Waals surface area contributed by atoms with E-state index in [2.05, 4.69) is 4.72 Å². The average molecular weight is 302 g/mol. The van der Waals surface area contributed by atoms with Crippen molar-refractivity contribution in [3.8, 4) is 0 Å². The number of halogens is 1. The number of ether oxygens (including phenoxy) is 2. The van der Waals surface area contributed by atoms with Crippen LogP contribution in [0.25, 0.3) is 0 Å². The van der Waals surface area contributed by atoms with Gasteiger partial charge in [0.15, 0.2) is 0 Å². The van der Waals surface area contributed by atoms with Crippen molar-refractivity contribution in [2.75, 3.05) is 45.1 Å². The predicted octanol–water partition coefficient (Wildman–Crippen LogP) is 1.37. The van der Waals surface area contributed by atoms with Crippen LogP contribution in [-0.4, -0.2) is 53.5 Å². The molecule has 7 heteroatoms. The highest BCUT2D eigenvalue weighted by Crippen LogP contribution is 1.97. The van der Waals surface area contributed by atoms with Gasteiger partial charge in [0.05, 0.1) is 19.0 Å². The van der Waals surface area contributed by atoms with Gasteiger partial charge in [0.1, 0.15) is 0 Å². The molecule has 0 aliphatic carbocycles. The van der Waals surface area contributed by atoms with Gasteiger partial charge in [0.2, 0.25) is 10.0 Å². The van der Waals surface area contributed by atoms with Gasteiger partial charge < -0.3 is 9.47 Å². The van der Waals surface area contributed by atoms with Crippen molar-refractivity contribution in [1.82, 2.24) is 4.72 Å². The maximum absolute atomic E-state index is 11.5. The van der Waals surface area contributed by atoms with E-state index in [4.69, 9.17) is 21.1 Å². The van der Waals surface area contributed by atoms with Crippen molar-refractivity contribution < 1.29 is 17.9 Å². The minimum absolute atomic E-state index is 0.157. The summed E-state index contributed by atoms with van der Waals surface area (Å²) < 4.78 is 35.6. The van der Waals surface area contributed by atoms with Gasteiger partial charge in [0, 0.05) is 26.1 Å². The van der Waals surface area contributed by atoms with Crippen LogP contribution in [0.5, 0.6) is 0 Å². The first-order valence-corrected chi connectivity index (χ1v) is 8.41. The molecular formula is C11H24ClNO4S. The molecule has 0 unspecified atom stereocenters. The summed E-state index contributed by atoms with van der Waals surface area (Å²) in [6, 6.07) is 0. The van der Waals surface area contributed by atoms with E-state index in [0.717, 1.165) is 19.3 Å². The Morgan fingerprint density at radius 2 is 1.83 bits per heavy atom. The van der Waals surface area contributed by atoms with Crippen molar-refractivity contribution in [2.24, 2.45) is 0 Å². The maximum atomic E-state index is 11.5. The van der Waals surface area contributed by atoms with Gasteiger partial charge in [-0.3, -0.25) is 0 Å². The highest BCUT2D eigenvalue weighted by Gasteiger charge is 2.08. The summed E-state index contributed by atoms with van der Waals surface area (Å²) in [5.41, 5.74) is 0. The summed E-state index contributed by atoms with van der Waals surface area (Å²) in [6.45, 7) is 2.28. The second-order valence-corrected chi connectivity index (χ2v) is 6.23. The first-order valence-electron chi connectivity index (χ1n) is 6.22. The van der Waals surface area contributed by atoms with Gasteiger partial charge >= 0.3 is 0 Å². The molecule has 0 aliphatic rings. The highest BCUT2D eigenvalue weighted by molar-refractivity contribution is 7.89. The van der Waals surface area contributed by atoms with Crippen LogP contribution < -0.4 is 4.72 Å². The van der Waals surface area contributed by atoms with E-state index in [-0.39, 0.29) is 5.75 Å². The minimum Gasteiger partial charge on any atom is -0.382 e. The molecule has 0 saturated carbocycles. The van der Waals surface area contributed by atoms with Gasteiger partial charge in [0.25, 0.3) is 0 Å². The topological polar surface area (TPSA) is 64.6 Å². The van der Waals surface area contributed by atoms with Crippen molar-refractivity contribution in [3.63, 3.8) is 0 Å². The van der Waals surface area contributed by atoms with Crippen LogP contribution in [0.3, 0.4) is 0 Å². The summed E-state index contributed by atoms with van der Waals surface area (Å²) in [5, 5.41) is 0. The molecule has 0 atom stereocenters. The normalized spacial score (nSPS) is 11.9. The van der Waals surface area contributed by atoms with E-state index in [9.17, 15) is 8.42 Å². The van der Waals surface area contributed by atoms with Crippen molar-refractivity contribution >= 4 is 21.6 Å². The fraction of sp³-hybridized carbons (Fsp3) is 1.00. The van der Waals surface area contributed by atoms with Gasteiger partial charge in [-0.05, 0) is 25.7 Å². The molecule has 0 aromatic heterocycles. The number of nitrogens with one attached hydrogen (secondary N) is 1. The first-order chi connectivity index (χ1) is 8.62. The Hall–Kier alpha value is 0.120. The first kappa shape index (κ1) is 18.1. The van der Waals surface area contributed by atoms with Crippen LogP contribution in [0.2, 0.25) is 0 Å². The maximum Gasteiger partial charge on any atom is 0.211 e. The smallest absolute Gasteiger partial charge is 0.211 e. The molecule has 0 aliphatic heterocycles. The summed E-state index contributed by atoms with van der Waals surface area (Å²) >= 11 is 5.49. The number of rotatable bonds is 13. The average Bonchev–Trinajstić information content (AvgIpc) is 2.33. The van der Waals surface area contributed by atoms with Crippen molar-refractivity contribution in [1.29, 1.82) is 0 Å². The molecule has 18 heavy (non-hydrogen) atoms. The number of methoxy groups -OCH3 is 1. The van der Waals surface area contributed by atoms with Crippen molar-refractivity contribution in [2.45, 2.75) is 25.7 Å². The Labute approximate surface area is 115 Å². The van der Waals surface area contributed by atoms with Gasteiger partial charge in [-0.1, -0.05) is 0 Å². The van der Waals surface area contributed by atoms with Crippen LogP contribution in [0, 0.1) is 0 Å². The predicted molar refractivity (Wildman–Crippen MR) is 73.7 cm³/mol. The zero-order chi connectivity index (χ0) is 13.7. The number of hydrogen-bond acceptors (Lipinski definition) is 4. The molecule has 0 rings (SSSR count). The number of alkyl halides is 1. The quantitative estimate of drug-likeness (QED) is 0.412. The summed E-state index contributed by atoms with van der Waals surface area (Å²) in [4.78, 5) is 0. The second kappa shape index (κ2) is 12.2. The van der Waals surface area contributed by atoms with E-state index in [1.807, 2.05) is 0 Å². The standard InChI is InChI=1S/C11H24ClNO4S/c1-16-9-10-17-8-4-3-7-13-18(14,15)11-5-2-6-12/h13H,2-11H2,1H3. The third kappa shape index (κ3) is 12.6. The van der Waals surface area contributed by atoms with E-state index in [1.54, 1.807) is 7.11 Å². The number of hydrogen-bond donors (Lipinski definition) is 1. The number of sulfonamides is 1. The molecule has 0 heterocycles. The van der Waals surface area contributed by atoms with Crippen LogP contribution >= 0.6 is 11.6 Å². The van der Waals surface area contributed by atoms with Gasteiger partial charge in [-0.25, -0.2) is 13.1 Å². The molecule has 0 amide bonds. The third-order valence-electron chi connectivity index (χ3n) is 2.27. The zero-order valence-corrected chi connectivity index (χ0v) is 12.6. The van der Waals surface area contributed by atoms with Gasteiger partial charge in [-0.2, -0.15) is 0 Å². The zero-order valence-electron chi connectivity index (χ0n) is 11.0. The molecule has 0 spiro atoms. The largest absolute Gasteiger partial charge is 0.382 e. The Morgan fingerprint density at radius 1 is 1.06 bits per heavy atom. The van der Waals surface area contributed by atoms with E-state index >= 15 is 0 Å². The molecular weight excluding hydrogens is 278 g/mol. The van der Waals surface area contributed by atoms with Crippen LogP contribution in [0.4, 0.5) is 0 Å². The molecule has 0 saturated heterocycles. The fourth-order valence-electron chi connectivity index (χ4n) is 1.26. The lowest BCUT2D eigenvalue weighted by atomic mass is 10.3. The summed E-state index contributed by atoms with van der Waals surface area (Å²) in [6.07, 6.45) is 2.96. The highest BCUT2D eigenvalue weighted by atomic mass is 35.5. The lowest BCUT2D eigenvalue weighted by molar-refractivity contribution is 0.0689. The SMILES string of the molecule is COCCOCCCCNS(=O)(=O)CCCCCl. The van der Waals surface area contributed by atoms with E-state index in [1.165, 1.54) is 0 Å². The molecule has 1 N–H and O–H groups in total. The lowest BCUT2D eigenvalue weighted by Gasteiger charge is -2.06. The fourth-order valence-corrected chi connectivity index (χ4v) is 2.63. The van der Waals surface area contributed by atoms with E-state index in [0.29, 0.717) is 38.7 Å². The summed E-state index contributed by atoms with van der Waals surface area (Å²) in [5.74, 6) is 0.665. The third-order valence-corrected chi connectivity index (χ3v) is 4.00. The van der Waals surface area contributed by atoms with Crippen molar-refractivity contribution in [3.05, 3.63) is 0 Å². The summed E-state index contributed by atoms with van der Waals surface area (Å²) in [7, 11) is -1.50.